The fraction of sp³-hybridized carbons (Fsp3) is 0.700. The molecule has 1 saturated heterocycles. The molecule has 0 bridgehead atoms. The maximum Gasteiger partial charge on any atom is 0.205 e. The fourth-order valence-electron chi connectivity index (χ4n) is 1.96. The highest BCUT2D eigenvalue weighted by Crippen LogP contribution is 2.18. The minimum Gasteiger partial charge on any atom is -0.371 e. The van der Waals surface area contributed by atoms with E-state index in [-0.39, 0.29) is 12.2 Å². The van der Waals surface area contributed by atoms with Crippen LogP contribution in [-0.4, -0.2) is 40.2 Å². The van der Waals surface area contributed by atoms with Gasteiger partial charge in [0.1, 0.15) is 0 Å². The van der Waals surface area contributed by atoms with Gasteiger partial charge in [-0.3, -0.25) is 0 Å². The van der Waals surface area contributed by atoms with E-state index >= 15 is 0 Å². The van der Waals surface area contributed by atoms with Crippen molar-refractivity contribution in [3.8, 4) is 0 Å². The Morgan fingerprint density at radius 3 is 3.00 bits per heavy atom. The van der Waals surface area contributed by atoms with E-state index in [1.54, 1.807) is 0 Å². The third-order valence-corrected chi connectivity index (χ3v) is 3.30. The van der Waals surface area contributed by atoms with Gasteiger partial charge in [0.05, 0.1) is 12.2 Å². The van der Waals surface area contributed by atoms with E-state index in [4.69, 9.17) is 4.74 Å². The van der Waals surface area contributed by atoms with Crippen molar-refractivity contribution in [2.75, 3.05) is 23.3 Å². The molecule has 4 nitrogen and oxygen atoms in total. The third kappa shape index (κ3) is 2.34. The largest absolute Gasteiger partial charge is 0.371 e. The van der Waals surface area contributed by atoms with Gasteiger partial charge in [-0.1, -0.05) is 15.9 Å². The molecule has 0 saturated carbocycles. The SMILES string of the molecule is CC1CN(c2nccn2C)CC(CBr)O1. The van der Waals surface area contributed by atoms with Gasteiger partial charge in [-0.05, 0) is 6.92 Å². The number of halogens is 1. The molecular formula is C10H16BrN3O. The molecule has 2 unspecified atom stereocenters. The lowest BCUT2D eigenvalue weighted by atomic mass is 10.2. The third-order valence-electron chi connectivity index (χ3n) is 2.58. The van der Waals surface area contributed by atoms with Crippen molar-refractivity contribution < 1.29 is 4.74 Å². The Morgan fingerprint density at radius 2 is 2.40 bits per heavy atom. The number of rotatable bonds is 2. The Balaban J connectivity index is 2.12. The van der Waals surface area contributed by atoms with Gasteiger partial charge in [-0.15, -0.1) is 0 Å². The first-order valence-corrected chi connectivity index (χ1v) is 6.26. The van der Waals surface area contributed by atoms with Gasteiger partial charge in [0.25, 0.3) is 0 Å². The van der Waals surface area contributed by atoms with Gasteiger partial charge >= 0.3 is 0 Å². The Labute approximate surface area is 98.4 Å². The highest BCUT2D eigenvalue weighted by molar-refractivity contribution is 9.09. The molecule has 0 aromatic carbocycles. The van der Waals surface area contributed by atoms with Crippen LogP contribution in [0.1, 0.15) is 6.92 Å². The molecule has 1 aromatic heterocycles. The highest BCUT2D eigenvalue weighted by Gasteiger charge is 2.26. The Morgan fingerprint density at radius 1 is 1.60 bits per heavy atom. The molecular weight excluding hydrogens is 258 g/mol. The minimum absolute atomic E-state index is 0.255. The molecule has 2 heterocycles. The highest BCUT2D eigenvalue weighted by atomic mass is 79.9. The van der Waals surface area contributed by atoms with Crippen LogP contribution in [0.5, 0.6) is 0 Å². The van der Waals surface area contributed by atoms with Crippen molar-refractivity contribution in [2.24, 2.45) is 7.05 Å². The summed E-state index contributed by atoms with van der Waals surface area (Å²) in [6.07, 6.45) is 4.32. The predicted molar refractivity (Wildman–Crippen MR) is 63.6 cm³/mol. The summed E-state index contributed by atoms with van der Waals surface area (Å²) in [5.41, 5.74) is 0. The van der Waals surface area contributed by atoms with Gasteiger partial charge < -0.3 is 14.2 Å². The van der Waals surface area contributed by atoms with E-state index in [2.05, 4.69) is 32.7 Å². The number of aromatic nitrogens is 2. The van der Waals surface area contributed by atoms with Crippen molar-refractivity contribution >= 4 is 21.9 Å². The van der Waals surface area contributed by atoms with E-state index < -0.39 is 0 Å². The lowest BCUT2D eigenvalue weighted by Crippen LogP contribution is -2.48. The molecule has 0 radical (unpaired) electrons. The maximum absolute atomic E-state index is 5.78. The standard InChI is InChI=1S/C10H16BrN3O/c1-8-6-14(7-9(5-11)15-8)10-12-3-4-13(10)2/h3-4,8-9H,5-7H2,1-2H3. The van der Waals surface area contributed by atoms with Gasteiger partial charge in [-0.2, -0.15) is 0 Å². The van der Waals surface area contributed by atoms with Crippen LogP contribution in [0, 0.1) is 0 Å². The molecule has 1 aliphatic rings. The second kappa shape index (κ2) is 4.53. The molecule has 15 heavy (non-hydrogen) atoms. The number of alkyl halides is 1. The Hall–Kier alpha value is -0.550. The van der Waals surface area contributed by atoms with Crippen LogP contribution < -0.4 is 4.90 Å². The molecule has 2 rings (SSSR count). The Bertz CT molecular complexity index is 328. The molecule has 5 heteroatoms. The molecule has 1 fully saturated rings. The normalized spacial score (nSPS) is 27.0. The summed E-state index contributed by atoms with van der Waals surface area (Å²) in [6.45, 7) is 3.92. The van der Waals surface area contributed by atoms with Crippen molar-refractivity contribution in [2.45, 2.75) is 19.1 Å². The van der Waals surface area contributed by atoms with Crippen molar-refractivity contribution in [1.82, 2.24) is 9.55 Å². The first-order chi connectivity index (χ1) is 7.20. The summed E-state index contributed by atoms with van der Waals surface area (Å²) in [5, 5.41) is 0.873. The van der Waals surface area contributed by atoms with Crippen LogP contribution >= 0.6 is 15.9 Å². The number of aryl methyl sites for hydroxylation is 1. The van der Waals surface area contributed by atoms with Crippen LogP contribution in [0.15, 0.2) is 12.4 Å². The lowest BCUT2D eigenvalue weighted by Gasteiger charge is -2.36. The molecule has 0 aliphatic carbocycles. The van der Waals surface area contributed by atoms with E-state index in [9.17, 15) is 0 Å². The number of imidazole rings is 1. The molecule has 2 atom stereocenters. The summed E-state index contributed by atoms with van der Waals surface area (Å²) >= 11 is 3.47. The second-order valence-corrected chi connectivity index (χ2v) is 4.61. The van der Waals surface area contributed by atoms with Crippen LogP contribution in [-0.2, 0) is 11.8 Å². The van der Waals surface area contributed by atoms with Crippen molar-refractivity contribution in [3.63, 3.8) is 0 Å². The molecule has 0 spiro atoms. The molecule has 0 N–H and O–H groups in total. The van der Waals surface area contributed by atoms with E-state index in [0.29, 0.717) is 0 Å². The Kier molecular flexibility index (Phi) is 3.31. The zero-order chi connectivity index (χ0) is 10.8. The second-order valence-electron chi connectivity index (χ2n) is 3.97. The quantitative estimate of drug-likeness (QED) is 0.764. The monoisotopic (exact) mass is 273 g/mol. The van der Waals surface area contributed by atoms with Crippen molar-refractivity contribution in [3.05, 3.63) is 12.4 Å². The maximum atomic E-state index is 5.78. The number of morpholine rings is 1. The van der Waals surface area contributed by atoms with E-state index in [1.165, 1.54) is 0 Å². The first kappa shape index (κ1) is 11.0. The number of ether oxygens (including phenoxy) is 1. The van der Waals surface area contributed by atoms with Gasteiger partial charge in [0.2, 0.25) is 5.95 Å². The minimum atomic E-state index is 0.255. The predicted octanol–water partition coefficient (Wildman–Crippen LogP) is 1.41. The zero-order valence-corrected chi connectivity index (χ0v) is 10.6. The summed E-state index contributed by atoms with van der Waals surface area (Å²) in [5.74, 6) is 1.02. The van der Waals surface area contributed by atoms with Crippen molar-refractivity contribution in [1.29, 1.82) is 0 Å². The average molecular weight is 274 g/mol. The smallest absolute Gasteiger partial charge is 0.205 e. The lowest BCUT2D eigenvalue weighted by molar-refractivity contribution is -0.00262. The summed E-state index contributed by atoms with van der Waals surface area (Å²) in [7, 11) is 2.02. The summed E-state index contributed by atoms with van der Waals surface area (Å²) < 4.78 is 7.82. The fourth-order valence-corrected chi connectivity index (χ4v) is 2.31. The number of anilines is 1. The van der Waals surface area contributed by atoms with Crippen LogP contribution in [0.4, 0.5) is 5.95 Å². The summed E-state index contributed by atoms with van der Waals surface area (Å²) in [4.78, 5) is 6.64. The first-order valence-electron chi connectivity index (χ1n) is 5.14. The van der Waals surface area contributed by atoms with Crippen LogP contribution in [0.2, 0.25) is 0 Å². The molecule has 1 aromatic rings. The number of nitrogens with zero attached hydrogens (tertiary/aromatic N) is 3. The topological polar surface area (TPSA) is 30.3 Å². The molecule has 1 aliphatic heterocycles. The number of hydrogen-bond donors (Lipinski definition) is 0. The summed E-state index contributed by atoms with van der Waals surface area (Å²) in [6, 6.07) is 0. The van der Waals surface area contributed by atoms with E-state index in [0.717, 1.165) is 24.4 Å². The van der Waals surface area contributed by atoms with Gasteiger partial charge in [0, 0.05) is 37.9 Å². The average Bonchev–Trinajstić information content (AvgIpc) is 2.63. The van der Waals surface area contributed by atoms with Gasteiger partial charge in [-0.25, -0.2) is 4.98 Å². The van der Waals surface area contributed by atoms with Crippen LogP contribution in [0.3, 0.4) is 0 Å². The van der Waals surface area contributed by atoms with Crippen LogP contribution in [0.25, 0.3) is 0 Å². The van der Waals surface area contributed by atoms with Gasteiger partial charge in [0.15, 0.2) is 0 Å². The molecule has 84 valence electrons. The van der Waals surface area contributed by atoms with E-state index in [1.807, 2.05) is 24.0 Å². The zero-order valence-electron chi connectivity index (χ0n) is 9.06. The molecule has 0 amide bonds. The number of hydrogen-bond acceptors (Lipinski definition) is 3.